The monoisotopic (exact) mass is 558 g/mol. The Hall–Kier alpha value is -2.20. The van der Waals surface area contributed by atoms with E-state index in [2.05, 4.69) is 20.9 Å². The summed E-state index contributed by atoms with van der Waals surface area (Å²) in [4.78, 5) is 16.3. The highest BCUT2D eigenvalue weighted by Gasteiger charge is 2.24. The van der Waals surface area contributed by atoms with Crippen LogP contribution in [0.2, 0.25) is 5.02 Å². The summed E-state index contributed by atoms with van der Waals surface area (Å²) < 4.78 is 11.0. The van der Waals surface area contributed by atoms with Crippen LogP contribution in [0.15, 0.2) is 41.4 Å². The molecule has 1 amide bonds. The molecule has 3 rings (SSSR count). The van der Waals surface area contributed by atoms with Crippen LogP contribution in [0.3, 0.4) is 0 Å². The Labute approximate surface area is 205 Å². The Morgan fingerprint density at radius 1 is 1.29 bits per heavy atom. The number of guanidine groups is 1. The zero-order valence-electron chi connectivity index (χ0n) is 17.8. The number of para-hydroxylation sites is 1. The van der Waals surface area contributed by atoms with Gasteiger partial charge in [0.05, 0.1) is 18.7 Å². The smallest absolute Gasteiger partial charge is 0.225 e. The summed E-state index contributed by atoms with van der Waals surface area (Å²) in [6, 6.07) is 11.6. The highest BCUT2D eigenvalue weighted by molar-refractivity contribution is 14.0. The maximum Gasteiger partial charge on any atom is 0.225 e. The van der Waals surface area contributed by atoms with E-state index < -0.39 is 0 Å². The molecule has 1 unspecified atom stereocenters. The number of hydrogen-bond acceptors (Lipinski definition) is 4. The third kappa shape index (κ3) is 6.39. The summed E-state index contributed by atoms with van der Waals surface area (Å²) in [6.45, 7) is 3.50. The van der Waals surface area contributed by atoms with Gasteiger partial charge in [-0.25, -0.2) is 0 Å². The van der Waals surface area contributed by atoms with Gasteiger partial charge >= 0.3 is 0 Å². The zero-order chi connectivity index (χ0) is 21.5. The number of methoxy groups -OCH3 is 1. The minimum atomic E-state index is 0. The van der Waals surface area contributed by atoms with E-state index in [-0.39, 0.29) is 35.8 Å². The molecular formula is C22H28ClIN4O3. The number of benzene rings is 2. The molecule has 168 valence electrons. The summed E-state index contributed by atoms with van der Waals surface area (Å²) in [5, 5.41) is 10.0. The highest BCUT2D eigenvalue weighted by atomic mass is 127. The van der Waals surface area contributed by atoms with E-state index in [1.165, 1.54) is 0 Å². The molecule has 0 saturated carbocycles. The van der Waals surface area contributed by atoms with Crippen molar-refractivity contribution < 1.29 is 14.3 Å². The van der Waals surface area contributed by atoms with Gasteiger partial charge in [-0.2, -0.15) is 0 Å². The standard InChI is InChI=1S/C22H27ClN4O3.HI/c1-4-30-21-17(23)9-14(10-19(21)29-3)12-25-22(24-2)26-13-15-11-20(28)27-18-8-6-5-7-16(15)18;/h5-10,15H,4,11-13H2,1-3H3,(H,27,28)(H2,24,25,26);1H. The molecule has 1 atom stereocenters. The molecule has 2 aromatic carbocycles. The Balaban J connectivity index is 0.00000341. The summed E-state index contributed by atoms with van der Waals surface area (Å²) in [6.07, 6.45) is 0.437. The fourth-order valence-electron chi connectivity index (χ4n) is 3.47. The predicted molar refractivity (Wildman–Crippen MR) is 135 cm³/mol. The van der Waals surface area contributed by atoms with E-state index in [0.717, 1.165) is 16.8 Å². The molecule has 1 aliphatic rings. The molecule has 0 aliphatic carbocycles. The van der Waals surface area contributed by atoms with E-state index in [4.69, 9.17) is 21.1 Å². The van der Waals surface area contributed by atoms with Crippen LogP contribution in [0.25, 0.3) is 0 Å². The summed E-state index contributed by atoms with van der Waals surface area (Å²) in [7, 11) is 3.30. The van der Waals surface area contributed by atoms with Crippen molar-refractivity contribution in [2.45, 2.75) is 25.8 Å². The third-order valence-corrected chi connectivity index (χ3v) is 5.16. The van der Waals surface area contributed by atoms with Crippen LogP contribution in [-0.4, -0.2) is 39.2 Å². The van der Waals surface area contributed by atoms with Crippen LogP contribution in [0.4, 0.5) is 5.69 Å². The Kier molecular flexibility index (Phi) is 9.70. The number of carbonyl (C=O) groups excluding carboxylic acids is 1. The van der Waals surface area contributed by atoms with Crippen molar-refractivity contribution in [2.24, 2.45) is 4.99 Å². The Bertz CT molecular complexity index is 939. The van der Waals surface area contributed by atoms with Crippen LogP contribution in [0, 0.1) is 0 Å². The molecule has 9 heteroatoms. The first-order valence-corrected chi connectivity index (χ1v) is 10.3. The molecule has 0 radical (unpaired) electrons. The van der Waals surface area contributed by atoms with Gasteiger partial charge in [0.1, 0.15) is 0 Å². The maximum absolute atomic E-state index is 12.0. The van der Waals surface area contributed by atoms with Gasteiger partial charge in [-0.15, -0.1) is 24.0 Å². The molecule has 0 bridgehead atoms. The molecule has 3 N–H and O–H groups in total. The SMILES string of the molecule is CCOc1c(Cl)cc(CNC(=NC)NCC2CC(=O)Nc3ccccc32)cc1OC.I. The van der Waals surface area contributed by atoms with Gasteiger partial charge < -0.3 is 25.4 Å². The topological polar surface area (TPSA) is 84.0 Å². The van der Waals surface area contributed by atoms with Crippen LogP contribution >= 0.6 is 35.6 Å². The third-order valence-electron chi connectivity index (χ3n) is 4.88. The molecule has 1 aliphatic heterocycles. The number of hydrogen-bond donors (Lipinski definition) is 3. The molecule has 0 fully saturated rings. The number of rotatable bonds is 7. The van der Waals surface area contributed by atoms with E-state index in [0.29, 0.717) is 48.6 Å². The second-order valence-corrected chi connectivity index (χ2v) is 7.29. The maximum atomic E-state index is 12.0. The van der Waals surface area contributed by atoms with Gasteiger partial charge in [0, 0.05) is 38.2 Å². The van der Waals surface area contributed by atoms with Crippen molar-refractivity contribution in [3.05, 3.63) is 52.5 Å². The number of aliphatic imine (C=N–C) groups is 1. The van der Waals surface area contributed by atoms with Crippen LogP contribution in [0.5, 0.6) is 11.5 Å². The minimum absolute atomic E-state index is 0. The van der Waals surface area contributed by atoms with Gasteiger partial charge in [-0.1, -0.05) is 29.8 Å². The average molecular weight is 559 g/mol. The van der Waals surface area contributed by atoms with E-state index in [9.17, 15) is 4.79 Å². The number of carbonyl (C=O) groups is 1. The lowest BCUT2D eigenvalue weighted by molar-refractivity contribution is -0.116. The van der Waals surface area contributed by atoms with Crippen molar-refractivity contribution in [3.63, 3.8) is 0 Å². The van der Waals surface area contributed by atoms with Gasteiger partial charge in [0.25, 0.3) is 0 Å². The molecular weight excluding hydrogens is 531 g/mol. The minimum Gasteiger partial charge on any atom is -0.493 e. The molecule has 31 heavy (non-hydrogen) atoms. The lowest BCUT2D eigenvalue weighted by Gasteiger charge is -2.26. The molecule has 2 aromatic rings. The fourth-order valence-corrected chi connectivity index (χ4v) is 3.76. The number of amides is 1. The van der Waals surface area contributed by atoms with Crippen molar-refractivity contribution >= 4 is 53.1 Å². The first-order valence-electron chi connectivity index (χ1n) is 9.88. The largest absolute Gasteiger partial charge is 0.493 e. The Morgan fingerprint density at radius 3 is 2.77 bits per heavy atom. The number of halogens is 2. The Morgan fingerprint density at radius 2 is 2.06 bits per heavy atom. The molecule has 0 aromatic heterocycles. The fraction of sp³-hybridized carbons (Fsp3) is 0.364. The molecule has 0 spiro atoms. The zero-order valence-corrected chi connectivity index (χ0v) is 20.9. The first kappa shape index (κ1) is 25.1. The van der Waals surface area contributed by atoms with Crippen LogP contribution in [-0.2, 0) is 11.3 Å². The summed E-state index contributed by atoms with van der Waals surface area (Å²) in [5.41, 5.74) is 2.94. The highest BCUT2D eigenvalue weighted by Crippen LogP contribution is 2.36. The van der Waals surface area contributed by atoms with Crippen molar-refractivity contribution in [2.75, 3.05) is 32.6 Å². The number of ether oxygens (including phenoxy) is 2. The molecule has 7 nitrogen and oxygen atoms in total. The number of fused-ring (bicyclic) bond motifs is 1. The second kappa shape index (κ2) is 12.0. The van der Waals surface area contributed by atoms with Gasteiger partial charge in [0.2, 0.25) is 5.91 Å². The van der Waals surface area contributed by atoms with Crippen molar-refractivity contribution in [3.8, 4) is 11.5 Å². The number of nitrogens with one attached hydrogen (secondary N) is 3. The number of nitrogens with zero attached hydrogens (tertiary/aromatic N) is 1. The van der Waals surface area contributed by atoms with Gasteiger partial charge in [0.15, 0.2) is 17.5 Å². The van der Waals surface area contributed by atoms with Crippen molar-refractivity contribution in [1.29, 1.82) is 0 Å². The van der Waals surface area contributed by atoms with Crippen LogP contribution in [0.1, 0.15) is 30.4 Å². The quantitative estimate of drug-likeness (QED) is 0.270. The van der Waals surface area contributed by atoms with E-state index in [1.807, 2.05) is 43.3 Å². The molecule has 0 saturated heterocycles. The first-order chi connectivity index (χ1) is 14.5. The van der Waals surface area contributed by atoms with Gasteiger partial charge in [-0.3, -0.25) is 9.79 Å². The summed E-state index contributed by atoms with van der Waals surface area (Å²) in [5.74, 6) is 1.88. The predicted octanol–water partition coefficient (Wildman–Crippen LogP) is 4.16. The van der Waals surface area contributed by atoms with E-state index in [1.54, 1.807) is 14.2 Å². The van der Waals surface area contributed by atoms with Gasteiger partial charge in [-0.05, 0) is 36.2 Å². The number of anilines is 1. The lowest BCUT2D eigenvalue weighted by atomic mass is 9.90. The normalized spacial score (nSPS) is 15.3. The van der Waals surface area contributed by atoms with Crippen LogP contribution < -0.4 is 25.4 Å². The lowest BCUT2D eigenvalue weighted by Crippen LogP contribution is -2.40. The molecule has 1 heterocycles. The summed E-state index contributed by atoms with van der Waals surface area (Å²) >= 11 is 6.35. The van der Waals surface area contributed by atoms with E-state index >= 15 is 0 Å². The van der Waals surface area contributed by atoms with Crippen molar-refractivity contribution in [1.82, 2.24) is 10.6 Å². The average Bonchev–Trinajstić information content (AvgIpc) is 2.75. The second-order valence-electron chi connectivity index (χ2n) is 6.89.